The van der Waals surface area contributed by atoms with Gasteiger partial charge < -0.3 is 10.6 Å². The van der Waals surface area contributed by atoms with Gasteiger partial charge in [-0.25, -0.2) is 9.67 Å². The summed E-state index contributed by atoms with van der Waals surface area (Å²) in [6, 6.07) is 0.386. The van der Waals surface area contributed by atoms with Gasteiger partial charge in [-0.2, -0.15) is 0 Å². The highest BCUT2D eigenvalue weighted by atomic mass is 32.1. The molecule has 0 aliphatic carbocycles. The molecular formula is C12H18N6OS. The Labute approximate surface area is 121 Å². The average Bonchev–Trinajstić information content (AvgIpc) is 2.96. The molecule has 7 nitrogen and oxygen atoms in total. The van der Waals surface area contributed by atoms with Crippen molar-refractivity contribution < 1.29 is 4.79 Å². The molecule has 0 aliphatic heterocycles. The Morgan fingerprint density at radius 2 is 2.30 bits per heavy atom. The molecule has 1 amide bonds. The monoisotopic (exact) mass is 294 g/mol. The van der Waals surface area contributed by atoms with E-state index in [1.54, 1.807) is 6.20 Å². The SMILES string of the molecule is Cc1csc(NC(=O)Cn2cc(CNC(C)C)nn2)n1. The van der Waals surface area contributed by atoms with Crippen molar-refractivity contribution in [3.8, 4) is 0 Å². The molecule has 0 aliphatic rings. The number of carbonyl (C=O) groups excluding carboxylic acids is 1. The second-order valence-electron chi connectivity index (χ2n) is 4.79. The van der Waals surface area contributed by atoms with Crippen molar-refractivity contribution in [2.45, 2.75) is 39.9 Å². The molecule has 2 rings (SSSR count). The van der Waals surface area contributed by atoms with Gasteiger partial charge in [0, 0.05) is 18.0 Å². The van der Waals surface area contributed by atoms with E-state index in [0.29, 0.717) is 17.7 Å². The highest BCUT2D eigenvalue weighted by molar-refractivity contribution is 7.13. The van der Waals surface area contributed by atoms with Gasteiger partial charge in [-0.15, -0.1) is 16.4 Å². The van der Waals surface area contributed by atoms with Gasteiger partial charge in [0.1, 0.15) is 6.54 Å². The van der Waals surface area contributed by atoms with E-state index < -0.39 is 0 Å². The van der Waals surface area contributed by atoms with Crippen molar-refractivity contribution in [1.82, 2.24) is 25.3 Å². The first-order chi connectivity index (χ1) is 9.52. The van der Waals surface area contributed by atoms with Crippen molar-refractivity contribution in [3.05, 3.63) is 23.0 Å². The minimum Gasteiger partial charge on any atom is -0.309 e. The molecule has 0 spiro atoms. The van der Waals surface area contributed by atoms with Crippen LogP contribution in [0.2, 0.25) is 0 Å². The Morgan fingerprint density at radius 1 is 1.50 bits per heavy atom. The molecule has 0 saturated carbocycles. The Hall–Kier alpha value is -1.80. The number of anilines is 1. The Morgan fingerprint density at radius 3 is 2.95 bits per heavy atom. The molecule has 0 aromatic carbocycles. The van der Waals surface area contributed by atoms with Gasteiger partial charge in [-0.05, 0) is 6.92 Å². The average molecular weight is 294 g/mol. The number of aromatic nitrogens is 4. The van der Waals surface area contributed by atoms with Gasteiger partial charge in [0.2, 0.25) is 5.91 Å². The van der Waals surface area contributed by atoms with Crippen LogP contribution in [0.15, 0.2) is 11.6 Å². The van der Waals surface area contributed by atoms with Gasteiger partial charge in [-0.1, -0.05) is 19.1 Å². The van der Waals surface area contributed by atoms with Crippen LogP contribution in [0.4, 0.5) is 5.13 Å². The first kappa shape index (κ1) is 14.6. The normalized spacial score (nSPS) is 11.0. The Bertz CT molecular complexity index is 576. The zero-order valence-electron chi connectivity index (χ0n) is 11.8. The van der Waals surface area contributed by atoms with E-state index in [9.17, 15) is 4.79 Å². The van der Waals surface area contributed by atoms with Crippen LogP contribution in [0.25, 0.3) is 0 Å². The third kappa shape index (κ3) is 4.39. The van der Waals surface area contributed by atoms with Crippen LogP contribution in [-0.2, 0) is 17.9 Å². The van der Waals surface area contributed by atoms with Crippen LogP contribution in [0.3, 0.4) is 0 Å². The maximum Gasteiger partial charge on any atom is 0.247 e. The van der Waals surface area contributed by atoms with Gasteiger partial charge in [0.05, 0.1) is 17.6 Å². The summed E-state index contributed by atoms with van der Waals surface area (Å²) >= 11 is 1.41. The number of nitrogens with zero attached hydrogens (tertiary/aromatic N) is 4. The van der Waals surface area contributed by atoms with Crippen molar-refractivity contribution >= 4 is 22.4 Å². The van der Waals surface area contributed by atoms with E-state index in [2.05, 4.69) is 39.8 Å². The predicted molar refractivity (Wildman–Crippen MR) is 77.5 cm³/mol. The smallest absolute Gasteiger partial charge is 0.247 e. The van der Waals surface area contributed by atoms with Gasteiger partial charge >= 0.3 is 0 Å². The summed E-state index contributed by atoms with van der Waals surface area (Å²) in [6.45, 7) is 6.79. The van der Waals surface area contributed by atoms with E-state index in [1.165, 1.54) is 16.0 Å². The number of carbonyl (C=O) groups is 1. The molecule has 0 radical (unpaired) electrons. The van der Waals surface area contributed by atoms with Gasteiger partial charge in [0.25, 0.3) is 0 Å². The fourth-order valence-electron chi connectivity index (χ4n) is 1.52. The van der Waals surface area contributed by atoms with Crippen LogP contribution in [0, 0.1) is 6.92 Å². The maximum absolute atomic E-state index is 11.8. The van der Waals surface area contributed by atoms with Crippen molar-refractivity contribution in [3.63, 3.8) is 0 Å². The van der Waals surface area contributed by atoms with E-state index in [-0.39, 0.29) is 12.5 Å². The molecule has 0 unspecified atom stereocenters. The molecule has 2 heterocycles. The molecule has 20 heavy (non-hydrogen) atoms. The van der Waals surface area contributed by atoms with Crippen LogP contribution >= 0.6 is 11.3 Å². The minimum atomic E-state index is -0.160. The molecule has 0 saturated heterocycles. The summed E-state index contributed by atoms with van der Waals surface area (Å²) in [4.78, 5) is 16.0. The molecule has 0 fully saturated rings. The number of hydrogen-bond acceptors (Lipinski definition) is 6. The number of amides is 1. The second-order valence-corrected chi connectivity index (χ2v) is 5.64. The summed E-state index contributed by atoms with van der Waals surface area (Å²) in [5.41, 5.74) is 1.71. The first-order valence-corrected chi connectivity index (χ1v) is 7.25. The number of hydrogen-bond donors (Lipinski definition) is 2. The fraction of sp³-hybridized carbons (Fsp3) is 0.500. The largest absolute Gasteiger partial charge is 0.309 e. The lowest BCUT2D eigenvalue weighted by Gasteiger charge is -2.04. The van der Waals surface area contributed by atoms with Gasteiger partial charge in [-0.3, -0.25) is 4.79 Å². The zero-order valence-corrected chi connectivity index (χ0v) is 12.6. The van der Waals surface area contributed by atoms with Gasteiger partial charge in [0.15, 0.2) is 5.13 Å². The number of thiazole rings is 1. The summed E-state index contributed by atoms with van der Waals surface area (Å²) < 4.78 is 1.52. The van der Waals surface area contributed by atoms with Crippen LogP contribution in [0.1, 0.15) is 25.2 Å². The molecule has 108 valence electrons. The lowest BCUT2D eigenvalue weighted by Crippen LogP contribution is -2.22. The standard InChI is InChI=1S/C12H18N6OS/c1-8(2)13-4-10-5-18(17-16-10)6-11(19)15-12-14-9(3)7-20-12/h5,7-8,13H,4,6H2,1-3H3,(H,14,15,19). The Balaban J connectivity index is 1.85. The zero-order chi connectivity index (χ0) is 14.5. The van der Waals surface area contributed by atoms with Crippen molar-refractivity contribution in [1.29, 1.82) is 0 Å². The lowest BCUT2D eigenvalue weighted by molar-refractivity contribution is -0.116. The number of nitrogens with one attached hydrogen (secondary N) is 2. The Kier molecular flexibility index (Phi) is 4.80. The molecule has 2 aromatic heterocycles. The van der Waals surface area contributed by atoms with Crippen molar-refractivity contribution in [2.24, 2.45) is 0 Å². The van der Waals surface area contributed by atoms with Crippen LogP contribution < -0.4 is 10.6 Å². The van der Waals surface area contributed by atoms with Crippen molar-refractivity contribution in [2.75, 3.05) is 5.32 Å². The highest BCUT2D eigenvalue weighted by Crippen LogP contribution is 2.14. The molecule has 0 bridgehead atoms. The third-order valence-electron chi connectivity index (χ3n) is 2.45. The number of rotatable bonds is 6. The van der Waals surface area contributed by atoms with Crippen LogP contribution in [0.5, 0.6) is 0 Å². The molecule has 0 atom stereocenters. The highest BCUT2D eigenvalue weighted by Gasteiger charge is 2.08. The minimum absolute atomic E-state index is 0.132. The summed E-state index contributed by atoms with van der Waals surface area (Å²) in [6.07, 6.45) is 1.77. The van der Waals surface area contributed by atoms with E-state index >= 15 is 0 Å². The van der Waals surface area contributed by atoms with E-state index in [4.69, 9.17) is 0 Å². The number of aryl methyl sites for hydroxylation is 1. The fourth-order valence-corrected chi connectivity index (χ4v) is 2.23. The molecule has 8 heteroatoms. The summed E-state index contributed by atoms with van der Waals surface area (Å²) in [7, 11) is 0. The summed E-state index contributed by atoms with van der Waals surface area (Å²) in [5.74, 6) is -0.160. The quantitative estimate of drug-likeness (QED) is 0.835. The van der Waals surface area contributed by atoms with E-state index in [0.717, 1.165) is 11.4 Å². The topological polar surface area (TPSA) is 84.7 Å². The third-order valence-corrected chi connectivity index (χ3v) is 3.32. The molecule has 2 N–H and O–H groups in total. The molecular weight excluding hydrogens is 276 g/mol. The first-order valence-electron chi connectivity index (χ1n) is 6.37. The maximum atomic E-state index is 11.8. The van der Waals surface area contributed by atoms with E-state index in [1.807, 2.05) is 12.3 Å². The lowest BCUT2D eigenvalue weighted by atomic mass is 10.3. The van der Waals surface area contributed by atoms with Crippen LogP contribution in [-0.4, -0.2) is 31.9 Å². The second kappa shape index (κ2) is 6.58. The predicted octanol–water partition coefficient (Wildman–Crippen LogP) is 1.18. The molecule has 2 aromatic rings. The summed E-state index contributed by atoms with van der Waals surface area (Å²) in [5, 5.41) is 16.4.